The Labute approximate surface area is 131 Å². The summed E-state index contributed by atoms with van der Waals surface area (Å²) in [4.78, 5) is 3.99. The zero-order valence-corrected chi connectivity index (χ0v) is 12.3. The second-order valence-electron chi connectivity index (χ2n) is 5.14. The van der Waals surface area contributed by atoms with Gasteiger partial charge in [-0.3, -0.25) is 0 Å². The number of rotatable bonds is 3. The number of methoxy groups -OCH3 is 1. The molecule has 0 bridgehead atoms. The van der Waals surface area contributed by atoms with Crippen molar-refractivity contribution in [2.75, 3.05) is 13.7 Å². The van der Waals surface area contributed by atoms with Crippen LogP contribution in [-0.4, -0.2) is 25.7 Å². The molecular weight excluding hydrogens is 307 g/mol. The van der Waals surface area contributed by atoms with Crippen molar-refractivity contribution in [1.29, 1.82) is 0 Å². The van der Waals surface area contributed by atoms with Crippen molar-refractivity contribution in [3.63, 3.8) is 0 Å². The summed E-state index contributed by atoms with van der Waals surface area (Å²) in [6.45, 7) is -0.507. The molecule has 2 aromatic rings. The lowest BCUT2D eigenvalue weighted by molar-refractivity contribution is -0.249. The maximum absolute atomic E-state index is 13.7. The van der Waals surface area contributed by atoms with Crippen molar-refractivity contribution in [2.24, 2.45) is 4.99 Å². The van der Waals surface area contributed by atoms with Gasteiger partial charge in [0.2, 0.25) is 11.5 Å². The van der Waals surface area contributed by atoms with Crippen molar-refractivity contribution in [2.45, 2.75) is 11.8 Å². The van der Waals surface area contributed by atoms with Gasteiger partial charge >= 0.3 is 6.18 Å². The summed E-state index contributed by atoms with van der Waals surface area (Å²) in [6.07, 6.45) is -4.60. The Bertz CT molecular complexity index is 711. The third-order valence-corrected chi connectivity index (χ3v) is 3.75. The first-order chi connectivity index (χ1) is 11.0. The Balaban J connectivity index is 1.98. The van der Waals surface area contributed by atoms with E-state index in [1.54, 1.807) is 30.3 Å². The second kappa shape index (κ2) is 5.61. The minimum atomic E-state index is -4.60. The molecule has 3 rings (SSSR count). The van der Waals surface area contributed by atoms with Gasteiger partial charge in [0, 0.05) is 11.1 Å². The maximum atomic E-state index is 13.7. The third kappa shape index (κ3) is 2.65. The average molecular weight is 321 g/mol. The van der Waals surface area contributed by atoms with Crippen LogP contribution in [0.5, 0.6) is 5.75 Å². The molecule has 0 aliphatic carbocycles. The average Bonchev–Trinajstić information content (AvgIpc) is 3.02. The van der Waals surface area contributed by atoms with E-state index in [0.717, 1.165) is 0 Å². The molecule has 1 aliphatic heterocycles. The summed E-state index contributed by atoms with van der Waals surface area (Å²) in [6, 6.07) is 14.2. The van der Waals surface area contributed by atoms with E-state index >= 15 is 0 Å². The summed E-state index contributed by atoms with van der Waals surface area (Å²) in [7, 11) is 1.46. The number of ether oxygens (including phenoxy) is 2. The van der Waals surface area contributed by atoms with Gasteiger partial charge in [0.1, 0.15) is 5.75 Å². The number of hydrogen-bond acceptors (Lipinski definition) is 3. The molecular formula is C17H14F3NO2. The Morgan fingerprint density at radius 2 is 1.70 bits per heavy atom. The molecule has 0 saturated heterocycles. The largest absolute Gasteiger partial charge is 0.497 e. The molecule has 0 spiro atoms. The van der Waals surface area contributed by atoms with Gasteiger partial charge < -0.3 is 9.47 Å². The fourth-order valence-corrected chi connectivity index (χ4v) is 2.47. The van der Waals surface area contributed by atoms with Gasteiger partial charge in [-0.25, -0.2) is 4.99 Å². The van der Waals surface area contributed by atoms with Crippen molar-refractivity contribution < 1.29 is 22.6 Å². The highest BCUT2D eigenvalue weighted by atomic mass is 19.4. The fourth-order valence-electron chi connectivity index (χ4n) is 2.47. The molecule has 3 nitrogen and oxygen atoms in total. The summed E-state index contributed by atoms with van der Waals surface area (Å²) in [5, 5.41) is 0. The number of aliphatic imine (C=N–C) groups is 1. The van der Waals surface area contributed by atoms with Crippen LogP contribution in [0.25, 0.3) is 0 Å². The van der Waals surface area contributed by atoms with E-state index in [-0.39, 0.29) is 11.5 Å². The monoisotopic (exact) mass is 321 g/mol. The van der Waals surface area contributed by atoms with Crippen molar-refractivity contribution in [1.82, 2.24) is 0 Å². The smallest absolute Gasteiger partial charge is 0.434 e. The fraction of sp³-hybridized carbons (Fsp3) is 0.235. The van der Waals surface area contributed by atoms with Gasteiger partial charge in [-0.1, -0.05) is 30.3 Å². The number of nitrogens with zero attached hydrogens (tertiary/aromatic N) is 1. The first-order valence-corrected chi connectivity index (χ1v) is 6.96. The van der Waals surface area contributed by atoms with E-state index in [0.29, 0.717) is 11.3 Å². The zero-order valence-electron chi connectivity index (χ0n) is 12.3. The molecule has 0 fully saturated rings. The first kappa shape index (κ1) is 15.4. The number of halogens is 3. The molecule has 120 valence electrons. The van der Waals surface area contributed by atoms with Crippen LogP contribution in [0.2, 0.25) is 0 Å². The standard InChI is InChI=1S/C17H14F3NO2/c1-22-14-9-7-13(8-10-14)16(17(18,19)20)11-21-15(23-16)12-5-3-2-4-6-12/h2-10H,11H2,1H3. The quantitative estimate of drug-likeness (QED) is 0.857. The van der Waals surface area contributed by atoms with E-state index in [1.165, 1.54) is 31.4 Å². The highest BCUT2D eigenvalue weighted by molar-refractivity contribution is 5.95. The molecule has 23 heavy (non-hydrogen) atoms. The molecule has 1 atom stereocenters. The molecule has 6 heteroatoms. The van der Waals surface area contributed by atoms with Crippen LogP contribution >= 0.6 is 0 Å². The van der Waals surface area contributed by atoms with E-state index in [4.69, 9.17) is 9.47 Å². The van der Waals surface area contributed by atoms with E-state index < -0.39 is 18.3 Å². The number of benzene rings is 2. The van der Waals surface area contributed by atoms with Crippen molar-refractivity contribution in [3.8, 4) is 5.75 Å². The predicted molar refractivity (Wildman–Crippen MR) is 79.7 cm³/mol. The topological polar surface area (TPSA) is 30.8 Å². The van der Waals surface area contributed by atoms with E-state index in [1.807, 2.05) is 0 Å². The van der Waals surface area contributed by atoms with Gasteiger partial charge in [-0.15, -0.1) is 0 Å². The lowest BCUT2D eigenvalue weighted by atomic mass is 9.93. The molecule has 2 aromatic carbocycles. The van der Waals surface area contributed by atoms with E-state index in [2.05, 4.69) is 4.99 Å². The second-order valence-corrected chi connectivity index (χ2v) is 5.14. The molecule has 0 amide bonds. The van der Waals surface area contributed by atoms with Gasteiger partial charge in [-0.2, -0.15) is 13.2 Å². The number of alkyl halides is 3. The molecule has 1 heterocycles. The lowest BCUT2D eigenvalue weighted by Gasteiger charge is -2.31. The van der Waals surface area contributed by atoms with Crippen LogP contribution in [0.3, 0.4) is 0 Å². The summed E-state index contributed by atoms with van der Waals surface area (Å²) < 4.78 is 51.6. The van der Waals surface area contributed by atoms with E-state index in [9.17, 15) is 13.2 Å². The first-order valence-electron chi connectivity index (χ1n) is 6.96. The molecule has 0 aromatic heterocycles. The van der Waals surface area contributed by atoms with Crippen LogP contribution in [-0.2, 0) is 10.3 Å². The highest BCUT2D eigenvalue weighted by Gasteiger charge is 2.61. The SMILES string of the molecule is COc1ccc(C2(C(F)(F)F)CN=C(c3ccccc3)O2)cc1. The van der Waals surface area contributed by atoms with Gasteiger partial charge in [0.25, 0.3) is 0 Å². The lowest BCUT2D eigenvalue weighted by Crippen LogP contribution is -2.45. The molecule has 1 unspecified atom stereocenters. The summed E-state index contributed by atoms with van der Waals surface area (Å²) >= 11 is 0. The van der Waals surface area contributed by atoms with Crippen LogP contribution in [0, 0.1) is 0 Å². The van der Waals surface area contributed by atoms with Crippen LogP contribution in [0.4, 0.5) is 13.2 Å². The van der Waals surface area contributed by atoms with Crippen molar-refractivity contribution >= 4 is 5.90 Å². The minimum absolute atomic E-state index is 0.000445. The molecule has 0 N–H and O–H groups in total. The Morgan fingerprint density at radius 3 is 2.26 bits per heavy atom. The van der Waals surface area contributed by atoms with Gasteiger partial charge in [0.15, 0.2) is 0 Å². The highest BCUT2D eigenvalue weighted by Crippen LogP contribution is 2.46. The summed E-state index contributed by atoms with van der Waals surface area (Å²) in [5.74, 6) is 0.479. The normalized spacial score (nSPS) is 20.8. The molecule has 0 saturated carbocycles. The summed E-state index contributed by atoms with van der Waals surface area (Å²) in [5.41, 5.74) is -1.95. The number of hydrogen-bond donors (Lipinski definition) is 0. The van der Waals surface area contributed by atoms with Gasteiger partial charge in [-0.05, 0) is 24.3 Å². The maximum Gasteiger partial charge on any atom is 0.434 e. The third-order valence-electron chi connectivity index (χ3n) is 3.75. The van der Waals surface area contributed by atoms with Crippen LogP contribution in [0.15, 0.2) is 59.6 Å². The Hall–Kier alpha value is -2.50. The Morgan fingerprint density at radius 1 is 1.04 bits per heavy atom. The van der Waals surface area contributed by atoms with Crippen molar-refractivity contribution in [3.05, 3.63) is 65.7 Å². The zero-order chi connectivity index (χ0) is 16.5. The van der Waals surface area contributed by atoms with Crippen LogP contribution < -0.4 is 4.74 Å². The minimum Gasteiger partial charge on any atom is -0.497 e. The van der Waals surface area contributed by atoms with Gasteiger partial charge in [0.05, 0.1) is 13.7 Å². The molecule has 0 radical (unpaired) electrons. The van der Waals surface area contributed by atoms with Crippen LogP contribution in [0.1, 0.15) is 11.1 Å². The Kier molecular flexibility index (Phi) is 3.75. The predicted octanol–water partition coefficient (Wildman–Crippen LogP) is 3.93. The molecule has 1 aliphatic rings.